The fourth-order valence-corrected chi connectivity index (χ4v) is 2.81. The number of hydrogen-bond acceptors (Lipinski definition) is 2. The fraction of sp³-hybridized carbons (Fsp3) is 0.625. The quantitative estimate of drug-likeness (QED) is 0.819. The molecule has 1 aromatic carbocycles. The molecule has 0 spiro atoms. The lowest BCUT2D eigenvalue weighted by Gasteiger charge is -2.34. The van der Waals surface area contributed by atoms with Crippen molar-refractivity contribution in [1.82, 2.24) is 5.32 Å². The van der Waals surface area contributed by atoms with Crippen molar-refractivity contribution in [3.8, 4) is 0 Å². The average molecular weight is 246 g/mol. The molecule has 1 saturated heterocycles. The van der Waals surface area contributed by atoms with Crippen LogP contribution < -0.4 is 10.2 Å². The molecule has 2 heteroatoms. The predicted molar refractivity (Wildman–Crippen MR) is 79.3 cm³/mol. The van der Waals surface area contributed by atoms with E-state index in [1.165, 1.54) is 16.8 Å². The molecule has 1 aromatic rings. The van der Waals surface area contributed by atoms with Gasteiger partial charge in [0.1, 0.15) is 0 Å². The number of hydrogen-bond donors (Lipinski definition) is 1. The minimum absolute atomic E-state index is 0.706. The van der Waals surface area contributed by atoms with Crippen LogP contribution in [0.5, 0.6) is 0 Å². The van der Waals surface area contributed by atoms with Crippen LogP contribution >= 0.6 is 0 Å². The van der Waals surface area contributed by atoms with Gasteiger partial charge in [-0.3, -0.25) is 0 Å². The van der Waals surface area contributed by atoms with E-state index in [0.717, 1.165) is 26.2 Å². The third-order valence-corrected chi connectivity index (χ3v) is 3.97. The molecule has 100 valence electrons. The maximum Gasteiger partial charge on any atom is 0.0398 e. The molecule has 18 heavy (non-hydrogen) atoms. The molecule has 2 nitrogen and oxygen atoms in total. The molecule has 2 rings (SSSR count). The largest absolute Gasteiger partial charge is 0.371 e. The van der Waals surface area contributed by atoms with Gasteiger partial charge < -0.3 is 10.2 Å². The molecule has 1 aliphatic rings. The summed E-state index contributed by atoms with van der Waals surface area (Å²) in [6.07, 6.45) is 0. The molecule has 0 saturated carbocycles. The van der Waals surface area contributed by atoms with E-state index >= 15 is 0 Å². The zero-order valence-corrected chi connectivity index (χ0v) is 12.2. The highest BCUT2D eigenvalue weighted by Gasteiger charge is 2.19. The van der Waals surface area contributed by atoms with Crippen molar-refractivity contribution in [3.63, 3.8) is 0 Å². The summed E-state index contributed by atoms with van der Waals surface area (Å²) in [5.41, 5.74) is 4.26. The molecule has 0 aromatic heterocycles. The van der Waals surface area contributed by atoms with Gasteiger partial charge in [-0.25, -0.2) is 0 Å². The van der Waals surface area contributed by atoms with Gasteiger partial charge in [0.25, 0.3) is 0 Å². The number of aryl methyl sites for hydroxylation is 1. The van der Waals surface area contributed by atoms with Crippen LogP contribution in [0.4, 0.5) is 5.69 Å². The number of nitrogens with one attached hydrogen (secondary N) is 1. The van der Waals surface area contributed by atoms with Crippen molar-refractivity contribution in [3.05, 3.63) is 29.3 Å². The topological polar surface area (TPSA) is 15.3 Å². The van der Waals surface area contributed by atoms with Crippen molar-refractivity contribution in [1.29, 1.82) is 0 Å². The Kier molecular flexibility index (Phi) is 4.28. The van der Waals surface area contributed by atoms with Crippen LogP contribution in [-0.2, 0) is 0 Å². The molecule has 1 N–H and O–H groups in total. The Morgan fingerprint density at radius 2 is 1.67 bits per heavy atom. The summed E-state index contributed by atoms with van der Waals surface area (Å²) >= 11 is 0. The van der Waals surface area contributed by atoms with Gasteiger partial charge in [0.2, 0.25) is 0 Å². The smallest absolute Gasteiger partial charge is 0.0398 e. The van der Waals surface area contributed by atoms with Gasteiger partial charge in [0, 0.05) is 18.8 Å². The molecule has 0 amide bonds. The van der Waals surface area contributed by atoms with Crippen molar-refractivity contribution >= 4 is 5.69 Å². The molecule has 1 aliphatic heterocycles. The number of rotatable bonds is 1. The summed E-state index contributed by atoms with van der Waals surface area (Å²) in [5.74, 6) is 1.41. The van der Waals surface area contributed by atoms with Gasteiger partial charge in [-0.15, -0.1) is 0 Å². The number of anilines is 1. The first-order valence-electron chi connectivity index (χ1n) is 7.09. The molecule has 1 fully saturated rings. The van der Waals surface area contributed by atoms with Gasteiger partial charge in [0.05, 0.1) is 0 Å². The highest BCUT2D eigenvalue weighted by atomic mass is 15.1. The first kappa shape index (κ1) is 13.4. The highest BCUT2D eigenvalue weighted by Crippen LogP contribution is 2.25. The Morgan fingerprint density at radius 1 is 1.06 bits per heavy atom. The predicted octanol–water partition coefficient (Wildman–Crippen LogP) is 2.99. The van der Waals surface area contributed by atoms with Crippen LogP contribution in [0, 0.1) is 25.7 Å². The molecule has 0 radical (unpaired) electrons. The summed E-state index contributed by atoms with van der Waals surface area (Å²) in [6, 6.07) is 6.66. The molecule has 1 heterocycles. The van der Waals surface area contributed by atoms with E-state index in [4.69, 9.17) is 0 Å². The van der Waals surface area contributed by atoms with Crippen LogP contribution in [0.25, 0.3) is 0 Å². The SMILES string of the molecule is Cc1cccc(N2CC(C)CNCC(C)C2)c1C. The first-order chi connectivity index (χ1) is 8.58. The zero-order chi connectivity index (χ0) is 13.1. The Hall–Kier alpha value is -1.02. The maximum atomic E-state index is 3.56. The molecule has 0 bridgehead atoms. The molecule has 2 atom stereocenters. The Bertz CT molecular complexity index is 388. The highest BCUT2D eigenvalue weighted by molar-refractivity contribution is 5.56. The summed E-state index contributed by atoms with van der Waals surface area (Å²) in [6.45, 7) is 13.7. The van der Waals surface area contributed by atoms with Crippen molar-refractivity contribution in [2.45, 2.75) is 27.7 Å². The standard InChI is InChI=1S/C16H26N2/c1-12-8-17-9-13(2)11-18(10-12)16-7-5-6-14(3)15(16)4/h5-7,12-13,17H,8-11H2,1-4H3. The van der Waals surface area contributed by atoms with Crippen LogP contribution in [-0.4, -0.2) is 26.2 Å². The van der Waals surface area contributed by atoms with Crippen molar-refractivity contribution in [2.75, 3.05) is 31.1 Å². The molecular formula is C16H26N2. The van der Waals surface area contributed by atoms with E-state index in [1.54, 1.807) is 0 Å². The lowest BCUT2D eigenvalue weighted by atomic mass is 10.0. The van der Waals surface area contributed by atoms with Gasteiger partial charge in [0.15, 0.2) is 0 Å². The van der Waals surface area contributed by atoms with E-state index in [2.05, 4.69) is 56.1 Å². The molecule has 0 aliphatic carbocycles. The van der Waals surface area contributed by atoms with Crippen molar-refractivity contribution in [2.24, 2.45) is 11.8 Å². The maximum absolute atomic E-state index is 3.56. The normalized spacial score (nSPS) is 25.7. The van der Waals surface area contributed by atoms with E-state index in [1.807, 2.05) is 0 Å². The minimum atomic E-state index is 0.706. The lowest BCUT2D eigenvalue weighted by Crippen LogP contribution is -2.43. The fourth-order valence-electron chi connectivity index (χ4n) is 2.81. The molecule has 2 unspecified atom stereocenters. The van der Waals surface area contributed by atoms with Gasteiger partial charge in [-0.1, -0.05) is 26.0 Å². The van der Waals surface area contributed by atoms with Gasteiger partial charge in [-0.05, 0) is 56.0 Å². The third kappa shape index (κ3) is 3.05. The summed E-state index contributed by atoms with van der Waals surface area (Å²) in [4.78, 5) is 2.58. The second-order valence-electron chi connectivity index (χ2n) is 5.99. The monoisotopic (exact) mass is 246 g/mol. The second kappa shape index (κ2) is 5.75. The van der Waals surface area contributed by atoms with Crippen LogP contribution in [0.3, 0.4) is 0 Å². The first-order valence-corrected chi connectivity index (χ1v) is 7.09. The van der Waals surface area contributed by atoms with E-state index in [0.29, 0.717) is 11.8 Å². The summed E-state index contributed by atoms with van der Waals surface area (Å²) in [7, 11) is 0. The van der Waals surface area contributed by atoms with Crippen LogP contribution in [0.2, 0.25) is 0 Å². The third-order valence-electron chi connectivity index (χ3n) is 3.97. The number of benzene rings is 1. The Morgan fingerprint density at radius 3 is 2.28 bits per heavy atom. The van der Waals surface area contributed by atoms with E-state index < -0.39 is 0 Å². The Labute approximate surface area is 111 Å². The summed E-state index contributed by atoms with van der Waals surface area (Å²) < 4.78 is 0. The molecular weight excluding hydrogens is 220 g/mol. The average Bonchev–Trinajstić information content (AvgIpc) is 2.30. The number of nitrogens with zero attached hydrogens (tertiary/aromatic N) is 1. The zero-order valence-electron chi connectivity index (χ0n) is 12.2. The summed E-state index contributed by atoms with van der Waals surface area (Å²) in [5, 5.41) is 3.56. The lowest BCUT2D eigenvalue weighted by molar-refractivity contribution is 0.410. The van der Waals surface area contributed by atoms with Gasteiger partial charge in [-0.2, -0.15) is 0 Å². The van der Waals surface area contributed by atoms with Gasteiger partial charge >= 0.3 is 0 Å². The minimum Gasteiger partial charge on any atom is -0.371 e. The van der Waals surface area contributed by atoms with Crippen molar-refractivity contribution < 1.29 is 0 Å². The van der Waals surface area contributed by atoms with Crippen LogP contribution in [0.1, 0.15) is 25.0 Å². The Balaban J connectivity index is 2.25. The van der Waals surface area contributed by atoms with E-state index in [9.17, 15) is 0 Å². The van der Waals surface area contributed by atoms with Crippen LogP contribution in [0.15, 0.2) is 18.2 Å². The second-order valence-corrected chi connectivity index (χ2v) is 5.99. The van der Waals surface area contributed by atoms with E-state index in [-0.39, 0.29) is 0 Å².